The highest BCUT2D eigenvalue weighted by molar-refractivity contribution is 5.87. The predicted octanol–water partition coefficient (Wildman–Crippen LogP) is 3.04. The van der Waals surface area contributed by atoms with Gasteiger partial charge in [-0.15, -0.1) is 0 Å². The van der Waals surface area contributed by atoms with Gasteiger partial charge in [-0.3, -0.25) is 9.59 Å². The third-order valence-electron chi connectivity index (χ3n) is 3.67. The summed E-state index contributed by atoms with van der Waals surface area (Å²) in [4.78, 5) is 26.4. The summed E-state index contributed by atoms with van der Waals surface area (Å²) in [6, 6.07) is 7.67. The van der Waals surface area contributed by atoms with Crippen molar-refractivity contribution in [1.29, 1.82) is 0 Å². The Bertz CT molecular complexity index is 500. The fourth-order valence-corrected chi connectivity index (χ4v) is 2.50. The van der Waals surface area contributed by atoms with Crippen molar-refractivity contribution in [3.8, 4) is 0 Å². The van der Waals surface area contributed by atoms with Crippen LogP contribution in [0.4, 0.5) is 0 Å². The molecule has 122 valence electrons. The van der Waals surface area contributed by atoms with Crippen LogP contribution in [0.25, 0.3) is 0 Å². The second kappa shape index (κ2) is 9.23. The Balaban J connectivity index is 2.94. The van der Waals surface area contributed by atoms with E-state index in [0.717, 1.165) is 17.5 Å². The molecule has 2 amide bonds. The molecule has 22 heavy (non-hydrogen) atoms. The van der Waals surface area contributed by atoms with Crippen molar-refractivity contribution in [2.75, 3.05) is 6.54 Å². The number of rotatable bonds is 8. The van der Waals surface area contributed by atoms with Gasteiger partial charge in [-0.2, -0.15) is 0 Å². The molecule has 0 saturated heterocycles. The van der Waals surface area contributed by atoms with Gasteiger partial charge in [0.1, 0.15) is 6.04 Å². The Morgan fingerprint density at radius 2 is 1.95 bits per heavy atom. The summed E-state index contributed by atoms with van der Waals surface area (Å²) >= 11 is 0. The van der Waals surface area contributed by atoms with Crippen LogP contribution in [0.5, 0.6) is 0 Å². The maximum atomic E-state index is 12.3. The van der Waals surface area contributed by atoms with Crippen LogP contribution >= 0.6 is 0 Å². The third-order valence-corrected chi connectivity index (χ3v) is 3.67. The molecule has 0 bridgehead atoms. The summed E-state index contributed by atoms with van der Waals surface area (Å²) in [6.07, 6.45) is 1.91. The maximum Gasteiger partial charge on any atom is 0.242 e. The van der Waals surface area contributed by atoms with Crippen LogP contribution in [0.1, 0.15) is 51.2 Å². The van der Waals surface area contributed by atoms with Gasteiger partial charge in [0.25, 0.3) is 0 Å². The molecular formula is C18H28N2O2. The maximum absolute atomic E-state index is 12.3. The van der Waals surface area contributed by atoms with Gasteiger partial charge in [-0.05, 0) is 25.3 Å². The Morgan fingerprint density at radius 3 is 2.50 bits per heavy atom. The van der Waals surface area contributed by atoms with E-state index in [1.807, 2.05) is 45.9 Å². The first-order chi connectivity index (χ1) is 10.5. The minimum absolute atomic E-state index is 0.0139. The van der Waals surface area contributed by atoms with Gasteiger partial charge in [-0.1, -0.05) is 50.6 Å². The van der Waals surface area contributed by atoms with Crippen LogP contribution in [0, 0.1) is 6.92 Å². The highest BCUT2D eigenvalue weighted by Gasteiger charge is 2.27. The molecule has 0 spiro atoms. The molecule has 1 aromatic carbocycles. The van der Waals surface area contributed by atoms with Crippen molar-refractivity contribution in [3.63, 3.8) is 0 Å². The van der Waals surface area contributed by atoms with Crippen molar-refractivity contribution in [2.24, 2.45) is 0 Å². The zero-order chi connectivity index (χ0) is 16.5. The summed E-state index contributed by atoms with van der Waals surface area (Å²) in [5, 5.41) is 2.91. The summed E-state index contributed by atoms with van der Waals surface area (Å²) in [5.41, 5.74) is 2.22. The van der Waals surface area contributed by atoms with E-state index in [9.17, 15) is 9.59 Å². The first-order valence-electron chi connectivity index (χ1n) is 8.16. The van der Waals surface area contributed by atoms with Crippen molar-refractivity contribution in [1.82, 2.24) is 10.2 Å². The second-order valence-corrected chi connectivity index (χ2v) is 5.58. The molecule has 0 aliphatic heterocycles. The van der Waals surface area contributed by atoms with E-state index >= 15 is 0 Å². The second-order valence-electron chi connectivity index (χ2n) is 5.58. The smallest absolute Gasteiger partial charge is 0.242 e. The highest BCUT2D eigenvalue weighted by atomic mass is 16.2. The van der Waals surface area contributed by atoms with E-state index in [-0.39, 0.29) is 11.8 Å². The van der Waals surface area contributed by atoms with E-state index in [1.54, 1.807) is 4.90 Å². The SMILES string of the molecule is CCCNC(=O)[C@H](CC)N(Cc1cccc(C)c1)C(=O)CC. The molecule has 0 unspecified atom stereocenters. The van der Waals surface area contributed by atoms with Gasteiger partial charge >= 0.3 is 0 Å². The van der Waals surface area contributed by atoms with Crippen LogP contribution in [0.3, 0.4) is 0 Å². The lowest BCUT2D eigenvalue weighted by Crippen LogP contribution is -2.49. The summed E-state index contributed by atoms with van der Waals surface area (Å²) < 4.78 is 0. The number of nitrogens with zero attached hydrogens (tertiary/aromatic N) is 1. The summed E-state index contributed by atoms with van der Waals surface area (Å²) in [5.74, 6) is -0.0428. The molecule has 1 N–H and O–H groups in total. The third kappa shape index (κ3) is 5.17. The van der Waals surface area contributed by atoms with E-state index in [4.69, 9.17) is 0 Å². The van der Waals surface area contributed by atoms with Crippen molar-refractivity contribution in [3.05, 3.63) is 35.4 Å². The highest BCUT2D eigenvalue weighted by Crippen LogP contribution is 2.14. The van der Waals surface area contributed by atoms with Crippen LogP contribution in [0.2, 0.25) is 0 Å². The molecule has 0 fully saturated rings. The molecular weight excluding hydrogens is 276 g/mol. The van der Waals surface area contributed by atoms with Crippen molar-refractivity contribution >= 4 is 11.8 Å². The van der Waals surface area contributed by atoms with Crippen LogP contribution in [-0.2, 0) is 16.1 Å². The van der Waals surface area contributed by atoms with E-state index in [0.29, 0.717) is 25.9 Å². The molecule has 0 saturated carbocycles. The van der Waals surface area contributed by atoms with Crippen molar-refractivity contribution < 1.29 is 9.59 Å². The standard InChI is InChI=1S/C18H28N2O2/c1-5-11-19-18(22)16(6-2)20(17(21)7-3)13-15-10-8-9-14(4)12-15/h8-10,12,16H,5-7,11,13H2,1-4H3,(H,19,22)/t16-/m0/s1. The van der Waals surface area contributed by atoms with Crippen LogP contribution in [-0.4, -0.2) is 29.3 Å². The van der Waals surface area contributed by atoms with Gasteiger partial charge < -0.3 is 10.2 Å². The number of carbonyl (C=O) groups excluding carboxylic acids is 2. The Hall–Kier alpha value is -1.84. The normalized spacial score (nSPS) is 11.8. The first-order valence-corrected chi connectivity index (χ1v) is 8.16. The van der Waals surface area contributed by atoms with E-state index in [1.165, 1.54) is 0 Å². The van der Waals surface area contributed by atoms with Gasteiger partial charge in [0.05, 0.1) is 0 Å². The zero-order valence-corrected chi connectivity index (χ0v) is 14.2. The number of carbonyl (C=O) groups is 2. The van der Waals surface area contributed by atoms with E-state index < -0.39 is 6.04 Å². The lowest BCUT2D eigenvalue weighted by molar-refractivity contribution is -0.141. The molecule has 0 radical (unpaired) electrons. The number of nitrogens with one attached hydrogen (secondary N) is 1. The number of benzene rings is 1. The number of aryl methyl sites for hydroxylation is 1. The molecule has 0 aliphatic rings. The van der Waals surface area contributed by atoms with Crippen LogP contribution in [0.15, 0.2) is 24.3 Å². The van der Waals surface area contributed by atoms with E-state index in [2.05, 4.69) is 11.4 Å². The molecule has 4 heteroatoms. The molecule has 0 heterocycles. The number of hydrogen-bond donors (Lipinski definition) is 1. The van der Waals surface area contributed by atoms with Gasteiger partial charge in [0, 0.05) is 19.5 Å². The summed E-state index contributed by atoms with van der Waals surface area (Å²) in [6.45, 7) is 8.95. The fraction of sp³-hybridized carbons (Fsp3) is 0.556. The Morgan fingerprint density at radius 1 is 1.23 bits per heavy atom. The number of hydrogen-bond acceptors (Lipinski definition) is 2. The van der Waals surface area contributed by atoms with Gasteiger partial charge in [0.2, 0.25) is 11.8 Å². The molecule has 0 aliphatic carbocycles. The Kier molecular flexibility index (Phi) is 7.64. The average molecular weight is 304 g/mol. The molecule has 1 aromatic rings. The molecule has 0 aromatic heterocycles. The largest absolute Gasteiger partial charge is 0.354 e. The lowest BCUT2D eigenvalue weighted by atomic mass is 10.1. The van der Waals surface area contributed by atoms with Gasteiger partial charge in [0.15, 0.2) is 0 Å². The zero-order valence-electron chi connectivity index (χ0n) is 14.2. The molecule has 4 nitrogen and oxygen atoms in total. The Labute approximate surface area is 133 Å². The first kappa shape index (κ1) is 18.2. The fourth-order valence-electron chi connectivity index (χ4n) is 2.50. The lowest BCUT2D eigenvalue weighted by Gasteiger charge is -2.30. The predicted molar refractivity (Wildman–Crippen MR) is 89.4 cm³/mol. The molecule has 1 atom stereocenters. The van der Waals surface area contributed by atoms with Crippen LogP contribution < -0.4 is 5.32 Å². The minimum atomic E-state index is -0.403. The molecule has 1 rings (SSSR count). The van der Waals surface area contributed by atoms with Gasteiger partial charge in [-0.25, -0.2) is 0 Å². The average Bonchev–Trinajstić information content (AvgIpc) is 2.51. The minimum Gasteiger partial charge on any atom is -0.354 e. The monoisotopic (exact) mass is 304 g/mol. The number of amides is 2. The summed E-state index contributed by atoms with van der Waals surface area (Å²) in [7, 11) is 0. The van der Waals surface area contributed by atoms with Crippen molar-refractivity contribution in [2.45, 2.75) is 59.5 Å². The quantitative estimate of drug-likeness (QED) is 0.802. The topological polar surface area (TPSA) is 49.4 Å².